The summed E-state index contributed by atoms with van der Waals surface area (Å²) in [5, 5.41) is 11.4. The molecule has 0 radical (unpaired) electrons. The highest BCUT2D eigenvalue weighted by Crippen LogP contribution is 2.32. The van der Waals surface area contributed by atoms with Crippen molar-refractivity contribution in [2.45, 2.75) is 0 Å². The molecule has 10 heteroatoms. The SMILES string of the molecule is COC(=O)CN1C(=S)N(C)C(=O)C1=Cc1ccc(-c2ccccc2[N+](=O)[O-])o1. The molecule has 0 saturated carbocycles. The van der Waals surface area contributed by atoms with Gasteiger partial charge in [-0.15, -0.1) is 0 Å². The highest BCUT2D eigenvalue weighted by atomic mass is 32.1. The summed E-state index contributed by atoms with van der Waals surface area (Å²) in [6, 6.07) is 9.31. The van der Waals surface area contributed by atoms with E-state index in [4.69, 9.17) is 16.6 Å². The van der Waals surface area contributed by atoms with Crippen LogP contribution in [-0.2, 0) is 14.3 Å². The van der Waals surface area contributed by atoms with Crippen LogP contribution in [0.25, 0.3) is 17.4 Å². The summed E-state index contributed by atoms with van der Waals surface area (Å²) in [4.78, 5) is 37.4. The van der Waals surface area contributed by atoms with Gasteiger partial charge in [-0.3, -0.25) is 24.6 Å². The van der Waals surface area contributed by atoms with E-state index < -0.39 is 16.8 Å². The Morgan fingerprint density at radius 1 is 1.32 bits per heavy atom. The number of nitro benzene ring substituents is 1. The summed E-state index contributed by atoms with van der Waals surface area (Å²) in [5.74, 6) is -0.404. The number of ether oxygens (including phenoxy) is 1. The second-order valence-corrected chi connectivity index (χ2v) is 6.18. The Hall–Kier alpha value is -3.53. The number of furan rings is 1. The molecule has 28 heavy (non-hydrogen) atoms. The van der Waals surface area contributed by atoms with E-state index in [-0.39, 0.29) is 34.6 Å². The molecule has 1 aromatic carbocycles. The standard InChI is InChI=1S/C18H15N3O6S/c1-19-17(23)14(20(18(19)28)10-16(22)26-2)9-11-7-8-15(27-11)12-5-3-4-6-13(12)21(24)25/h3-9H,10H2,1-2H3. The van der Waals surface area contributed by atoms with Crippen molar-refractivity contribution in [2.24, 2.45) is 0 Å². The van der Waals surface area contributed by atoms with Crippen molar-refractivity contribution < 1.29 is 23.7 Å². The van der Waals surface area contributed by atoms with Crippen LogP contribution in [0.2, 0.25) is 0 Å². The third-order valence-electron chi connectivity index (χ3n) is 4.12. The van der Waals surface area contributed by atoms with Crippen LogP contribution in [0.4, 0.5) is 5.69 Å². The lowest BCUT2D eigenvalue weighted by Crippen LogP contribution is -2.33. The predicted molar refractivity (Wildman–Crippen MR) is 103 cm³/mol. The molecule has 2 heterocycles. The highest BCUT2D eigenvalue weighted by molar-refractivity contribution is 7.80. The summed E-state index contributed by atoms with van der Waals surface area (Å²) in [7, 11) is 2.73. The van der Waals surface area contributed by atoms with E-state index in [0.29, 0.717) is 5.56 Å². The fraction of sp³-hybridized carbons (Fsp3) is 0.167. The Bertz CT molecular complexity index is 1010. The molecule has 1 saturated heterocycles. The molecule has 144 valence electrons. The first-order valence-electron chi connectivity index (χ1n) is 8.05. The molecule has 0 unspecified atom stereocenters. The van der Waals surface area contributed by atoms with Crippen molar-refractivity contribution in [3.63, 3.8) is 0 Å². The summed E-state index contributed by atoms with van der Waals surface area (Å²) in [6.45, 7) is -0.227. The number of rotatable bonds is 5. The van der Waals surface area contributed by atoms with Crippen molar-refractivity contribution in [1.29, 1.82) is 0 Å². The van der Waals surface area contributed by atoms with Crippen LogP contribution in [0.3, 0.4) is 0 Å². The minimum Gasteiger partial charge on any atom is -0.468 e. The van der Waals surface area contributed by atoms with Gasteiger partial charge in [0.25, 0.3) is 11.6 Å². The number of methoxy groups -OCH3 is 1. The lowest BCUT2D eigenvalue weighted by molar-refractivity contribution is -0.384. The molecule has 0 bridgehead atoms. The van der Waals surface area contributed by atoms with Crippen molar-refractivity contribution in [3.05, 3.63) is 58.0 Å². The number of likely N-dealkylation sites (N-methyl/N-ethyl adjacent to an activating group) is 1. The van der Waals surface area contributed by atoms with Gasteiger partial charge in [-0.25, -0.2) is 0 Å². The molecule has 2 aromatic rings. The lowest BCUT2D eigenvalue weighted by atomic mass is 10.1. The minimum atomic E-state index is -0.559. The minimum absolute atomic E-state index is 0.0961. The first kappa shape index (κ1) is 19.2. The van der Waals surface area contributed by atoms with Gasteiger partial charge in [0, 0.05) is 19.2 Å². The van der Waals surface area contributed by atoms with Crippen molar-refractivity contribution in [1.82, 2.24) is 9.80 Å². The van der Waals surface area contributed by atoms with Gasteiger partial charge in [-0.05, 0) is 30.4 Å². The molecule has 0 atom stereocenters. The second kappa shape index (κ2) is 7.61. The van der Waals surface area contributed by atoms with Crippen LogP contribution in [0, 0.1) is 10.1 Å². The summed E-state index contributed by atoms with van der Waals surface area (Å²) < 4.78 is 10.3. The van der Waals surface area contributed by atoms with E-state index >= 15 is 0 Å². The van der Waals surface area contributed by atoms with Crippen molar-refractivity contribution in [2.75, 3.05) is 20.7 Å². The number of thiocarbonyl (C=S) groups is 1. The predicted octanol–water partition coefficient (Wildman–Crippen LogP) is 2.43. The van der Waals surface area contributed by atoms with E-state index in [0.717, 1.165) is 0 Å². The molecule has 1 aliphatic heterocycles. The zero-order valence-corrected chi connectivity index (χ0v) is 15.8. The van der Waals surface area contributed by atoms with Crippen LogP contribution < -0.4 is 0 Å². The number of benzene rings is 1. The van der Waals surface area contributed by atoms with E-state index in [2.05, 4.69) is 4.74 Å². The molecule has 9 nitrogen and oxygen atoms in total. The van der Waals surface area contributed by atoms with Gasteiger partial charge in [-0.1, -0.05) is 12.1 Å². The molecule has 1 amide bonds. The third kappa shape index (κ3) is 3.49. The van der Waals surface area contributed by atoms with E-state index in [9.17, 15) is 19.7 Å². The highest BCUT2D eigenvalue weighted by Gasteiger charge is 2.37. The Morgan fingerprint density at radius 3 is 2.71 bits per heavy atom. The molecule has 0 spiro atoms. The first-order valence-corrected chi connectivity index (χ1v) is 8.46. The molecule has 1 aromatic heterocycles. The van der Waals surface area contributed by atoms with Crippen molar-refractivity contribution in [3.8, 4) is 11.3 Å². The molecule has 0 N–H and O–H groups in total. The van der Waals surface area contributed by atoms with Crippen LogP contribution >= 0.6 is 12.2 Å². The van der Waals surface area contributed by atoms with E-state index in [1.165, 1.54) is 36.1 Å². The van der Waals surface area contributed by atoms with Crippen LogP contribution in [0.1, 0.15) is 5.76 Å². The number of para-hydroxylation sites is 1. The zero-order chi connectivity index (χ0) is 20.4. The molecule has 3 rings (SSSR count). The normalized spacial score (nSPS) is 15.4. The topological polar surface area (TPSA) is 106 Å². The van der Waals surface area contributed by atoms with Gasteiger partial charge in [0.05, 0.1) is 17.6 Å². The van der Waals surface area contributed by atoms with Crippen LogP contribution in [0.5, 0.6) is 0 Å². The fourth-order valence-corrected chi connectivity index (χ4v) is 2.94. The number of nitro groups is 1. The Labute approximate surface area is 164 Å². The van der Waals surface area contributed by atoms with Crippen molar-refractivity contribution >= 4 is 41.0 Å². The largest absolute Gasteiger partial charge is 0.468 e. The smallest absolute Gasteiger partial charge is 0.325 e. The number of esters is 1. The average Bonchev–Trinajstić information content (AvgIpc) is 3.23. The summed E-state index contributed by atoms with van der Waals surface area (Å²) >= 11 is 5.20. The van der Waals surface area contributed by atoms with Crippen LogP contribution in [-0.4, -0.2) is 52.4 Å². The van der Waals surface area contributed by atoms with Gasteiger partial charge in [0.1, 0.15) is 23.8 Å². The summed E-state index contributed by atoms with van der Waals surface area (Å²) in [5.41, 5.74) is 0.358. The third-order valence-corrected chi connectivity index (χ3v) is 4.61. The number of hydrogen-bond acceptors (Lipinski definition) is 7. The Balaban J connectivity index is 1.97. The Morgan fingerprint density at radius 2 is 2.04 bits per heavy atom. The molecule has 0 aliphatic carbocycles. The average molecular weight is 401 g/mol. The van der Waals surface area contributed by atoms with E-state index in [1.54, 1.807) is 30.3 Å². The van der Waals surface area contributed by atoms with Gasteiger partial charge in [-0.2, -0.15) is 0 Å². The molecular weight excluding hydrogens is 386 g/mol. The first-order chi connectivity index (χ1) is 13.3. The maximum Gasteiger partial charge on any atom is 0.325 e. The number of amides is 1. The van der Waals surface area contributed by atoms with Gasteiger partial charge >= 0.3 is 5.97 Å². The molecule has 1 aliphatic rings. The number of nitrogens with zero attached hydrogens (tertiary/aromatic N) is 3. The lowest BCUT2D eigenvalue weighted by Gasteiger charge is -2.16. The number of hydrogen-bond donors (Lipinski definition) is 0. The fourth-order valence-electron chi connectivity index (χ4n) is 2.70. The van der Waals surface area contributed by atoms with Gasteiger partial charge in [0.15, 0.2) is 5.11 Å². The number of carbonyl (C=O) groups is 2. The van der Waals surface area contributed by atoms with Gasteiger partial charge < -0.3 is 14.1 Å². The monoisotopic (exact) mass is 401 g/mol. The maximum atomic E-state index is 12.5. The molecular formula is C18H15N3O6S. The number of carbonyl (C=O) groups excluding carboxylic acids is 2. The van der Waals surface area contributed by atoms with E-state index in [1.807, 2.05) is 0 Å². The maximum absolute atomic E-state index is 12.5. The second-order valence-electron chi connectivity index (χ2n) is 5.81. The quantitative estimate of drug-likeness (QED) is 0.247. The van der Waals surface area contributed by atoms with Crippen LogP contribution in [0.15, 0.2) is 46.5 Å². The van der Waals surface area contributed by atoms with Gasteiger partial charge in [0.2, 0.25) is 0 Å². The summed E-state index contributed by atoms with van der Waals surface area (Å²) in [6.07, 6.45) is 1.43. The zero-order valence-electron chi connectivity index (χ0n) is 14.9. The Kier molecular flexibility index (Phi) is 5.23. The molecule has 1 fully saturated rings.